The highest BCUT2D eigenvalue weighted by molar-refractivity contribution is 5.92. The van der Waals surface area contributed by atoms with Gasteiger partial charge in [-0.15, -0.1) is 0 Å². The number of aryl methyl sites for hydroxylation is 1. The summed E-state index contributed by atoms with van der Waals surface area (Å²) in [6, 6.07) is 9.91. The molecule has 0 unspecified atom stereocenters. The van der Waals surface area contributed by atoms with Gasteiger partial charge in [-0.25, -0.2) is 9.97 Å². The number of hydrogen-bond donors (Lipinski definition) is 2. The molecule has 2 aromatic rings. The van der Waals surface area contributed by atoms with Crippen molar-refractivity contribution < 1.29 is 4.79 Å². The van der Waals surface area contributed by atoms with Crippen LogP contribution in [-0.2, 0) is 5.41 Å². The number of aromatic nitrogens is 2. The molecule has 2 rings (SSSR count). The van der Waals surface area contributed by atoms with Gasteiger partial charge in [0.1, 0.15) is 5.69 Å². The zero-order valence-electron chi connectivity index (χ0n) is 17.3. The van der Waals surface area contributed by atoms with Crippen LogP contribution < -0.4 is 10.6 Å². The molecule has 0 radical (unpaired) electrons. The fourth-order valence-corrected chi connectivity index (χ4v) is 2.61. The van der Waals surface area contributed by atoms with Crippen LogP contribution in [0.1, 0.15) is 48.9 Å². The first-order valence-electron chi connectivity index (χ1n) is 9.31. The molecule has 0 bridgehead atoms. The number of carbonyl (C=O) groups excluding carboxylic acids is 1. The minimum atomic E-state index is -0.176. The van der Waals surface area contributed by atoms with Gasteiger partial charge in [-0.1, -0.05) is 32.9 Å². The topological polar surface area (TPSA) is 70.2 Å². The maximum atomic E-state index is 12.4. The Morgan fingerprint density at radius 3 is 2.37 bits per heavy atom. The fraction of sp³-hybridized carbons (Fsp3) is 0.476. The maximum Gasteiger partial charge on any atom is 0.270 e. The molecule has 146 valence electrons. The van der Waals surface area contributed by atoms with Crippen molar-refractivity contribution >= 4 is 17.5 Å². The molecule has 0 aliphatic carbocycles. The Morgan fingerprint density at radius 2 is 1.78 bits per heavy atom. The number of hydrogen-bond acceptors (Lipinski definition) is 5. The first kappa shape index (κ1) is 20.8. The molecule has 1 heterocycles. The van der Waals surface area contributed by atoms with E-state index in [4.69, 9.17) is 0 Å². The van der Waals surface area contributed by atoms with E-state index in [0.717, 1.165) is 24.3 Å². The molecule has 1 aromatic heterocycles. The van der Waals surface area contributed by atoms with Crippen molar-refractivity contribution in [2.75, 3.05) is 32.5 Å². The highest BCUT2D eigenvalue weighted by Gasteiger charge is 2.14. The highest BCUT2D eigenvalue weighted by Crippen LogP contribution is 2.24. The third kappa shape index (κ3) is 6.64. The second-order valence-corrected chi connectivity index (χ2v) is 8.08. The van der Waals surface area contributed by atoms with E-state index in [1.165, 1.54) is 5.56 Å². The molecule has 0 aliphatic heterocycles. The van der Waals surface area contributed by atoms with Crippen LogP contribution in [-0.4, -0.2) is 48.0 Å². The van der Waals surface area contributed by atoms with Gasteiger partial charge in [0.2, 0.25) is 5.95 Å². The van der Waals surface area contributed by atoms with E-state index in [-0.39, 0.29) is 11.3 Å². The number of rotatable bonds is 7. The first-order chi connectivity index (χ1) is 12.6. The summed E-state index contributed by atoms with van der Waals surface area (Å²) in [5, 5.41) is 6.11. The average Bonchev–Trinajstić information content (AvgIpc) is 2.57. The lowest BCUT2D eigenvalue weighted by molar-refractivity contribution is 0.0947. The third-order valence-electron chi connectivity index (χ3n) is 4.16. The lowest BCUT2D eigenvalue weighted by Gasteiger charge is -2.19. The lowest BCUT2D eigenvalue weighted by Crippen LogP contribution is -2.28. The lowest BCUT2D eigenvalue weighted by atomic mass is 9.87. The number of anilines is 2. The van der Waals surface area contributed by atoms with Gasteiger partial charge in [-0.3, -0.25) is 4.79 Å². The Hall–Kier alpha value is -2.47. The van der Waals surface area contributed by atoms with E-state index >= 15 is 0 Å². The summed E-state index contributed by atoms with van der Waals surface area (Å²) >= 11 is 0. The Balaban J connectivity index is 2.05. The second-order valence-electron chi connectivity index (χ2n) is 8.08. The number of amides is 1. The third-order valence-corrected chi connectivity index (χ3v) is 4.16. The molecular weight excluding hydrogens is 338 g/mol. The molecule has 0 saturated heterocycles. The zero-order valence-corrected chi connectivity index (χ0v) is 17.3. The predicted octanol–water partition coefficient (Wildman–Crippen LogP) is 3.51. The van der Waals surface area contributed by atoms with Gasteiger partial charge in [0.05, 0.1) is 0 Å². The average molecular weight is 370 g/mol. The van der Waals surface area contributed by atoms with E-state index < -0.39 is 0 Å². The molecule has 6 heteroatoms. The zero-order chi connectivity index (χ0) is 20.0. The summed E-state index contributed by atoms with van der Waals surface area (Å²) in [5.74, 6) is 0.252. The van der Waals surface area contributed by atoms with Gasteiger partial charge < -0.3 is 15.5 Å². The Morgan fingerprint density at radius 1 is 1.11 bits per heavy atom. The van der Waals surface area contributed by atoms with Crippen LogP contribution in [0.15, 0.2) is 30.3 Å². The minimum Gasteiger partial charge on any atom is -0.351 e. The van der Waals surface area contributed by atoms with Crippen LogP contribution in [0.2, 0.25) is 0 Å². The predicted molar refractivity (Wildman–Crippen MR) is 111 cm³/mol. The molecule has 0 atom stereocenters. The van der Waals surface area contributed by atoms with Crippen molar-refractivity contribution in [3.8, 4) is 0 Å². The van der Waals surface area contributed by atoms with Crippen LogP contribution in [0.3, 0.4) is 0 Å². The summed E-state index contributed by atoms with van der Waals surface area (Å²) in [7, 11) is 4.03. The first-order valence-corrected chi connectivity index (χ1v) is 9.31. The maximum absolute atomic E-state index is 12.4. The van der Waals surface area contributed by atoms with Crippen molar-refractivity contribution in [1.82, 2.24) is 20.2 Å². The molecule has 0 fully saturated rings. The molecular formula is C21H31N5O. The van der Waals surface area contributed by atoms with Crippen LogP contribution in [0, 0.1) is 6.92 Å². The summed E-state index contributed by atoms with van der Waals surface area (Å²) in [6.07, 6.45) is 0.897. The van der Waals surface area contributed by atoms with Crippen LogP contribution in [0.5, 0.6) is 0 Å². The number of nitrogens with zero attached hydrogens (tertiary/aromatic N) is 3. The number of carbonyl (C=O) groups is 1. The van der Waals surface area contributed by atoms with E-state index in [2.05, 4.69) is 58.4 Å². The van der Waals surface area contributed by atoms with Gasteiger partial charge in [-0.05, 0) is 63.2 Å². The molecule has 1 aromatic carbocycles. The molecule has 0 saturated carbocycles. The second kappa shape index (κ2) is 8.95. The van der Waals surface area contributed by atoms with Gasteiger partial charge in [-0.2, -0.15) is 0 Å². The molecule has 0 aliphatic rings. The van der Waals surface area contributed by atoms with Crippen molar-refractivity contribution in [2.45, 2.75) is 39.5 Å². The van der Waals surface area contributed by atoms with Crippen LogP contribution in [0.25, 0.3) is 0 Å². The summed E-state index contributed by atoms with van der Waals surface area (Å²) < 4.78 is 0. The molecule has 27 heavy (non-hydrogen) atoms. The van der Waals surface area contributed by atoms with E-state index in [1.54, 1.807) is 6.07 Å². The quantitative estimate of drug-likeness (QED) is 0.731. The van der Waals surface area contributed by atoms with Gasteiger partial charge in [0, 0.05) is 17.9 Å². The monoisotopic (exact) mass is 369 g/mol. The highest BCUT2D eigenvalue weighted by atomic mass is 16.1. The standard InChI is InChI=1S/C21H31N5O/c1-15-14-18(19(27)22-12-7-13-26(5)6)25-20(23-15)24-17-10-8-16(9-11-17)21(2,3)4/h8-11,14H,7,12-13H2,1-6H3,(H,22,27)(H,23,24,25). The SMILES string of the molecule is Cc1cc(C(=O)NCCCN(C)C)nc(Nc2ccc(C(C)(C)C)cc2)n1. The van der Waals surface area contributed by atoms with E-state index in [0.29, 0.717) is 18.2 Å². The van der Waals surface area contributed by atoms with Crippen LogP contribution >= 0.6 is 0 Å². The molecule has 6 nitrogen and oxygen atoms in total. The largest absolute Gasteiger partial charge is 0.351 e. The Bertz CT molecular complexity index is 763. The summed E-state index contributed by atoms with van der Waals surface area (Å²) in [5.41, 5.74) is 3.39. The number of benzene rings is 1. The molecule has 2 N–H and O–H groups in total. The summed E-state index contributed by atoms with van der Waals surface area (Å²) in [4.78, 5) is 23.2. The van der Waals surface area contributed by atoms with Gasteiger partial charge in [0.15, 0.2) is 0 Å². The van der Waals surface area contributed by atoms with Crippen molar-refractivity contribution in [2.24, 2.45) is 0 Å². The van der Waals surface area contributed by atoms with Crippen LogP contribution in [0.4, 0.5) is 11.6 Å². The molecule has 1 amide bonds. The normalized spacial score (nSPS) is 11.5. The van der Waals surface area contributed by atoms with Crippen molar-refractivity contribution in [3.05, 3.63) is 47.3 Å². The van der Waals surface area contributed by atoms with Crippen molar-refractivity contribution in [1.29, 1.82) is 0 Å². The van der Waals surface area contributed by atoms with Gasteiger partial charge >= 0.3 is 0 Å². The fourth-order valence-electron chi connectivity index (χ4n) is 2.61. The number of nitrogens with one attached hydrogen (secondary N) is 2. The Kier molecular flexibility index (Phi) is 6.91. The smallest absolute Gasteiger partial charge is 0.270 e. The summed E-state index contributed by atoms with van der Waals surface area (Å²) in [6.45, 7) is 9.96. The minimum absolute atomic E-state index is 0.107. The van der Waals surface area contributed by atoms with Gasteiger partial charge in [0.25, 0.3) is 5.91 Å². The van der Waals surface area contributed by atoms with E-state index in [9.17, 15) is 4.79 Å². The van der Waals surface area contributed by atoms with Crippen molar-refractivity contribution in [3.63, 3.8) is 0 Å². The Labute approximate surface area is 162 Å². The van der Waals surface area contributed by atoms with E-state index in [1.807, 2.05) is 33.2 Å². The molecule has 0 spiro atoms.